The van der Waals surface area contributed by atoms with Crippen molar-refractivity contribution in [2.75, 3.05) is 7.11 Å². The molecular formula is C39H52O5. The van der Waals surface area contributed by atoms with Gasteiger partial charge in [0.25, 0.3) is 0 Å². The maximum Gasteiger partial charge on any atom is 0.331 e. The van der Waals surface area contributed by atoms with Gasteiger partial charge < -0.3 is 14.2 Å². The van der Waals surface area contributed by atoms with Crippen LogP contribution in [0.2, 0.25) is 0 Å². The molecule has 2 unspecified atom stereocenters. The Balaban J connectivity index is 1.23. The Bertz CT molecular complexity index is 1360. The van der Waals surface area contributed by atoms with Crippen molar-refractivity contribution in [2.45, 2.75) is 99.0 Å². The van der Waals surface area contributed by atoms with Crippen molar-refractivity contribution in [3.05, 3.63) is 65.3 Å². The molecule has 5 rings (SSSR count). The molecule has 0 aliphatic heterocycles. The molecule has 5 heteroatoms. The molecular weight excluding hydrogens is 548 g/mol. The second kappa shape index (κ2) is 13.1. The van der Waals surface area contributed by atoms with Gasteiger partial charge in [-0.25, -0.2) is 4.79 Å². The van der Waals surface area contributed by atoms with Crippen LogP contribution in [0, 0.1) is 40.4 Å². The van der Waals surface area contributed by atoms with E-state index in [1.54, 1.807) is 29.8 Å². The van der Waals surface area contributed by atoms with E-state index in [2.05, 4.69) is 58.9 Å². The molecule has 44 heavy (non-hydrogen) atoms. The second-order valence-electron chi connectivity index (χ2n) is 14.7. The first kappa shape index (κ1) is 32.3. The van der Waals surface area contributed by atoms with E-state index in [1.165, 1.54) is 57.8 Å². The third kappa shape index (κ3) is 6.48. The van der Waals surface area contributed by atoms with Gasteiger partial charge in [-0.2, -0.15) is 0 Å². The highest BCUT2D eigenvalue weighted by Gasteiger charge is 2.57. The maximum atomic E-state index is 12.8. The van der Waals surface area contributed by atoms with E-state index >= 15 is 0 Å². The Hall–Kier alpha value is -3.08. The van der Waals surface area contributed by atoms with Crippen LogP contribution in [0.5, 0.6) is 11.5 Å². The van der Waals surface area contributed by atoms with Crippen molar-refractivity contribution >= 4 is 18.0 Å². The second-order valence-corrected chi connectivity index (χ2v) is 14.7. The van der Waals surface area contributed by atoms with Crippen molar-refractivity contribution in [3.63, 3.8) is 0 Å². The summed E-state index contributed by atoms with van der Waals surface area (Å²) in [5.74, 6) is 3.43. The largest absolute Gasteiger partial charge is 0.493 e. The minimum absolute atomic E-state index is 0.106. The Morgan fingerprint density at radius 1 is 1.00 bits per heavy atom. The van der Waals surface area contributed by atoms with Crippen molar-refractivity contribution in [1.82, 2.24) is 0 Å². The quantitative estimate of drug-likeness (QED) is 0.122. The standard InChI is InChI=1S/C39H52O5/c1-25(2)9-8-10-26(3)32-15-16-33-31-14-13-29-24-30(19-21-38(29,5)34(31)20-22-39(32,33)6)44-37(41)18-12-28-11-17-35(43-27(4)40)36(23-28)42-7/h8,10-14,17-18,23,25-26,30,32-34H,9,15-16,19-22,24H2,1-7H3/b10-8+,18-12+/t26-,30+,32-,33?,34?,38+,39-/m1/s1. The van der Waals surface area contributed by atoms with Gasteiger partial charge in [-0.1, -0.05) is 76.1 Å². The van der Waals surface area contributed by atoms with Gasteiger partial charge in [-0.15, -0.1) is 0 Å². The third-order valence-electron chi connectivity index (χ3n) is 11.4. The number of benzene rings is 1. The molecule has 0 heterocycles. The smallest absolute Gasteiger partial charge is 0.331 e. The lowest BCUT2D eigenvalue weighted by Gasteiger charge is -2.55. The lowest BCUT2D eigenvalue weighted by molar-refractivity contribution is -0.144. The van der Waals surface area contributed by atoms with Crippen LogP contribution in [0.15, 0.2) is 59.7 Å². The molecule has 1 aromatic carbocycles. The summed E-state index contributed by atoms with van der Waals surface area (Å²) in [5.41, 5.74) is 4.46. The van der Waals surface area contributed by atoms with Crippen molar-refractivity contribution in [3.8, 4) is 11.5 Å². The number of hydrogen-bond acceptors (Lipinski definition) is 5. The van der Waals surface area contributed by atoms with Gasteiger partial charge in [-0.3, -0.25) is 4.79 Å². The fourth-order valence-corrected chi connectivity index (χ4v) is 9.07. The molecule has 3 fully saturated rings. The van der Waals surface area contributed by atoms with E-state index in [4.69, 9.17) is 14.2 Å². The first-order valence-corrected chi connectivity index (χ1v) is 16.8. The van der Waals surface area contributed by atoms with Crippen LogP contribution in [-0.4, -0.2) is 25.2 Å². The zero-order valence-electron chi connectivity index (χ0n) is 27.9. The first-order valence-electron chi connectivity index (χ1n) is 16.8. The summed E-state index contributed by atoms with van der Waals surface area (Å²) >= 11 is 0. The van der Waals surface area contributed by atoms with Crippen LogP contribution in [0.3, 0.4) is 0 Å². The first-order chi connectivity index (χ1) is 20.9. The number of rotatable bonds is 9. The third-order valence-corrected chi connectivity index (χ3v) is 11.4. The molecule has 7 atom stereocenters. The van der Waals surface area contributed by atoms with Crippen LogP contribution in [0.4, 0.5) is 0 Å². The average Bonchev–Trinajstić information content (AvgIpc) is 3.33. The molecule has 0 spiro atoms. The zero-order valence-corrected chi connectivity index (χ0v) is 27.9. The number of carbonyl (C=O) groups excluding carboxylic acids is 2. The van der Waals surface area contributed by atoms with Gasteiger partial charge >= 0.3 is 11.9 Å². The predicted molar refractivity (Wildman–Crippen MR) is 176 cm³/mol. The van der Waals surface area contributed by atoms with Gasteiger partial charge in [0.15, 0.2) is 11.5 Å². The molecule has 0 radical (unpaired) electrons. The Morgan fingerprint density at radius 3 is 2.52 bits per heavy atom. The van der Waals surface area contributed by atoms with Crippen LogP contribution in [0.1, 0.15) is 98.5 Å². The van der Waals surface area contributed by atoms with Crippen molar-refractivity contribution in [2.24, 2.45) is 40.4 Å². The van der Waals surface area contributed by atoms with Gasteiger partial charge in [0.2, 0.25) is 0 Å². The molecule has 4 aliphatic rings. The summed E-state index contributed by atoms with van der Waals surface area (Å²) < 4.78 is 16.5. The summed E-state index contributed by atoms with van der Waals surface area (Å²) in [7, 11) is 1.52. The molecule has 1 aromatic rings. The van der Waals surface area contributed by atoms with E-state index in [1.807, 2.05) is 0 Å². The van der Waals surface area contributed by atoms with Crippen molar-refractivity contribution in [1.29, 1.82) is 0 Å². The lowest BCUT2D eigenvalue weighted by Crippen LogP contribution is -2.46. The average molecular weight is 601 g/mol. The molecule has 4 aliphatic carbocycles. The van der Waals surface area contributed by atoms with E-state index in [-0.39, 0.29) is 17.5 Å². The summed E-state index contributed by atoms with van der Waals surface area (Å²) in [4.78, 5) is 24.1. The lowest BCUT2D eigenvalue weighted by atomic mass is 9.50. The van der Waals surface area contributed by atoms with Gasteiger partial charge in [0, 0.05) is 19.4 Å². The number of fused-ring (bicyclic) bond motifs is 5. The number of methoxy groups -OCH3 is 1. The number of hydrogen-bond donors (Lipinski definition) is 0. The summed E-state index contributed by atoms with van der Waals surface area (Å²) in [6.45, 7) is 13.5. The molecule has 3 saturated carbocycles. The predicted octanol–water partition coefficient (Wildman–Crippen LogP) is 9.28. The number of carbonyl (C=O) groups is 2. The van der Waals surface area contributed by atoms with Crippen LogP contribution < -0.4 is 9.47 Å². The van der Waals surface area contributed by atoms with E-state index in [9.17, 15) is 9.59 Å². The fourth-order valence-electron chi connectivity index (χ4n) is 9.07. The Morgan fingerprint density at radius 2 is 1.80 bits per heavy atom. The summed E-state index contributed by atoms with van der Waals surface area (Å²) in [6.07, 6.45) is 22.0. The molecule has 0 bridgehead atoms. The van der Waals surface area contributed by atoms with Crippen molar-refractivity contribution < 1.29 is 23.8 Å². The highest BCUT2D eigenvalue weighted by Crippen LogP contribution is 2.66. The molecule has 5 nitrogen and oxygen atoms in total. The summed E-state index contributed by atoms with van der Waals surface area (Å²) in [6, 6.07) is 5.17. The highest BCUT2D eigenvalue weighted by atomic mass is 16.6. The number of ether oxygens (including phenoxy) is 3. The van der Waals surface area contributed by atoms with Gasteiger partial charge in [0.05, 0.1) is 7.11 Å². The van der Waals surface area contributed by atoms with E-state index in [0.29, 0.717) is 40.6 Å². The maximum absolute atomic E-state index is 12.8. The number of allylic oxidation sites excluding steroid dienone is 5. The Kier molecular flexibility index (Phi) is 9.63. The highest BCUT2D eigenvalue weighted by molar-refractivity contribution is 5.87. The minimum Gasteiger partial charge on any atom is -0.493 e. The van der Waals surface area contributed by atoms with Crippen LogP contribution in [0.25, 0.3) is 6.08 Å². The molecule has 238 valence electrons. The normalized spacial score (nSPS) is 32.0. The fraction of sp³-hybridized carbons (Fsp3) is 0.590. The molecule has 0 aromatic heterocycles. The molecule has 0 N–H and O–H groups in total. The van der Waals surface area contributed by atoms with Gasteiger partial charge in [0.1, 0.15) is 6.10 Å². The van der Waals surface area contributed by atoms with Crippen LogP contribution >= 0.6 is 0 Å². The monoisotopic (exact) mass is 600 g/mol. The van der Waals surface area contributed by atoms with E-state index in [0.717, 1.165) is 30.7 Å². The topological polar surface area (TPSA) is 61.8 Å². The van der Waals surface area contributed by atoms with Gasteiger partial charge in [-0.05, 0) is 109 Å². The minimum atomic E-state index is -0.414. The SMILES string of the molecule is COc1cc(/C=C/C(=O)O[C@H]2CC[C@@]3(C)C(=CC=C4C3CC[C@@]3(C)C4CC[C@@H]3[C@H](C)/C=C/CC(C)C)C2)ccc1OC(C)=O. The van der Waals surface area contributed by atoms with Crippen LogP contribution in [-0.2, 0) is 14.3 Å². The molecule has 0 saturated heterocycles. The zero-order chi connectivity index (χ0) is 31.6. The Labute approximate surface area is 264 Å². The number of esters is 2. The van der Waals surface area contributed by atoms with E-state index < -0.39 is 5.97 Å². The summed E-state index contributed by atoms with van der Waals surface area (Å²) in [5, 5.41) is 0. The molecule has 0 amide bonds.